The molecule has 282 valence electrons. The maximum absolute atomic E-state index is 15.8. The summed E-state index contributed by atoms with van der Waals surface area (Å²) in [7, 11) is 2.89. The van der Waals surface area contributed by atoms with E-state index in [4.69, 9.17) is 9.47 Å². The minimum absolute atomic E-state index is 0.136. The van der Waals surface area contributed by atoms with Crippen LogP contribution in [0, 0.1) is 18.6 Å². The van der Waals surface area contributed by atoms with Crippen LogP contribution in [0.3, 0.4) is 0 Å². The highest BCUT2D eigenvalue weighted by molar-refractivity contribution is 7.13. The Kier molecular flexibility index (Phi) is 13.0. The van der Waals surface area contributed by atoms with E-state index in [9.17, 15) is 14.0 Å². The van der Waals surface area contributed by atoms with Crippen LogP contribution in [0.25, 0.3) is 22.3 Å². The molecule has 11 heteroatoms. The summed E-state index contributed by atoms with van der Waals surface area (Å²) in [6, 6.07) is 27.6. The van der Waals surface area contributed by atoms with Crippen LogP contribution in [0.4, 0.5) is 8.78 Å². The number of pyridine rings is 1. The lowest BCUT2D eigenvalue weighted by molar-refractivity contribution is 0.0946. The molecular formula is C44H42F2N4O4S. The van der Waals surface area contributed by atoms with Gasteiger partial charge in [-0.05, 0) is 73.1 Å². The van der Waals surface area contributed by atoms with Crippen molar-refractivity contribution in [2.75, 3.05) is 27.3 Å². The third kappa shape index (κ3) is 9.60. The number of aryl methyl sites for hydroxylation is 3. The first-order valence-corrected chi connectivity index (χ1v) is 18.9. The lowest BCUT2D eigenvalue weighted by Gasteiger charge is -2.13. The number of benzene rings is 4. The number of halogens is 2. The van der Waals surface area contributed by atoms with Crippen molar-refractivity contribution < 1.29 is 27.8 Å². The molecule has 0 radical (unpaired) electrons. The summed E-state index contributed by atoms with van der Waals surface area (Å²) in [5, 5.41) is 6.57. The fourth-order valence-electron chi connectivity index (χ4n) is 6.33. The second kappa shape index (κ2) is 18.4. The van der Waals surface area contributed by atoms with Crippen molar-refractivity contribution in [3.8, 4) is 33.8 Å². The zero-order valence-electron chi connectivity index (χ0n) is 31.0. The smallest absolute Gasteiger partial charge is 0.263 e. The second-order valence-electron chi connectivity index (χ2n) is 13.0. The first-order valence-electron chi connectivity index (χ1n) is 18.0. The Hall–Kier alpha value is -5.94. The number of methoxy groups -OCH3 is 2. The monoisotopic (exact) mass is 760 g/mol. The molecule has 0 atom stereocenters. The predicted octanol–water partition coefficient (Wildman–Crippen LogP) is 8.79. The van der Waals surface area contributed by atoms with Crippen LogP contribution in [-0.2, 0) is 19.3 Å². The number of carbonyl (C=O) groups excluding carboxylic acids is 2. The van der Waals surface area contributed by atoms with Gasteiger partial charge in [0.05, 0.1) is 31.0 Å². The maximum atomic E-state index is 15.8. The molecule has 8 nitrogen and oxygen atoms in total. The lowest BCUT2D eigenvalue weighted by Crippen LogP contribution is -2.25. The zero-order valence-corrected chi connectivity index (χ0v) is 31.8. The Morgan fingerprint density at radius 3 is 1.96 bits per heavy atom. The molecule has 0 aliphatic rings. The number of amides is 2. The van der Waals surface area contributed by atoms with Crippen LogP contribution < -0.4 is 20.1 Å². The molecule has 0 bridgehead atoms. The molecule has 6 aromatic rings. The number of aromatic nitrogens is 2. The molecule has 6 rings (SSSR count). The van der Waals surface area contributed by atoms with Crippen LogP contribution in [-0.4, -0.2) is 49.1 Å². The molecule has 0 aliphatic heterocycles. The molecule has 4 aromatic carbocycles. The van der Waals surface area contributed by atoms with E-state index in [-0.39, 0.29) is 29.1 Å². The first kappa shape index (κ1) is 38.8. The second-order valence-corrected chi connectivity index (χ2v) is 14.1. The minimum atomic E-state index is -0.460. The van der Waals surface area contributed by atoms with E-state index < -0.39 is 5.82 Å². The average molecular weight is 761 g/mol. The van der Waals surface area contributed by atoms with Crippen LogP contribution >= 0.6 is 11.3 Å². The number of ether oxygens (including phenoxy) is 2. The molecule has 2 heterocycles. The molecule has 0 saturated heterocycles. The summed E-state index contributed by atoms with van der Waals surface area (Å²) in [6.07, 6.45) is 6.50. The van der Waals surface area contributed by atoms with Crippen molar-refractivity contribution in [2.45, 2.75) is 39.0 Å². The van der Waals surface area contributed by atoms with E-state index >= 15 is 4.39 Å². The van der Waals surface area contributed by atoms with Crippen molar-refractivity contribution in [3.63, 3.8) is 0 Å². The number of hydrogen-bond donors (Lipinski definition) is 2. The standard InChI is InChI=1S/C44H42F2N4O4S/c1-28-34(11-7-23-47-28)43(51)48-24-5-8-29-15-19-32(20-16-29)36-22-21-33(42(54-3)41(36)46)26-39-50-27-38(55-39)44(52)49-25-6-9-30-13-17-31(18-14-30)35-10-4-12-37(53-2)40(35)45/h4,7,10-23,27H,5-6,8-9,24-26H2,1-3H3,(H,48,51)(H,49,52). The minimum Gasteiger partial charge on any atom is -0.494 e. The summed E-state index contributed by atoms with van der Waals surface area (Å²) < 4.78 is 41.1. The van der Waals surface area contributed by atoms with Gasteiger partial charge >= 0.3 is 0 Å². The number of rotatable bonds is 16. The summed E-state index contributed by atoms with van der Waals surface area (Å²) in [6.45, 7) is 2.82. The molecular weight excluding hydrogens is 719 g/mol. The zero-order chi connectivity index (χ0) is 38.7. The molecule has 0 aliphatic carbocycles. The van der Waals surface area contributed by atoms with E-state index in [0.29, 0.717) is 57.3 Å². The number of hydrogen-bond acceptors (Lipinski definition) is 7. The van der Waals surface area contributed by atoms with Crippen LogP contribution in [0.15, 0.2) is 103 Å². The van der Waals surface area contributed by atoms with Crippen LogP contribution in [0.2, 0.25) is 0 Å². The third-order valence-electron chi connectivity index (χ3n) is 9.32. The highest BCUT2D eigenvalue weighted by atomic mass is 32.1. The normalized spacial score (nSPS) is 10.9. The van der Waals surface area contributed by atoms with Crippen LogP contribution in [0.1, 0.15) is 60.3 Å². The van der Waals surface area contributed by atoms with Crippen LogP contribution in [0.5, 0.6) is 11.5 Å². The number of nitrogens with zero attached hydrogens (tertiary/aromatic N) is 2. The highest BCUT2D eigenvalue weighted by Gasteiger charge is 2.18. The van der Waals surface area contributed by atoms with Crippen molar-refractivity contribution in [1.29, 1.82) is 0 Å². The van der Waals surface area contributed by atoms with Gasteiger partial charge in [0, 0.05) is 48.1 Å². The maximum Gasteiger partial charge on any atom is 0.263 e. The Bertz CT molecular complexity index is 2260. The molecule has 2 amide bonds. The summed E-state index contributed by atoms with van der Waals surface area (Å²) in [5.41, 5.74) is 6.45. The van der Waals surface area contributed by atoms with E-state index in [1.54, 1.807) is 48.8 Å². The first-order chi connectivity index (χ1) is 26.7. The van der Waals surface area contributed by atoms with Crippen molar-refractivity contribution >= 4 is 23.2 Å². The fraction of sp³-hybridized carbons (Fsp3) is 0.227. The Morgan fingerprint density at radius 2 is 1.35 bits per heavy atom. The summed E-state index contributed by atoms with van der Waals surface area (Å²) in [4.78, 5) is 34.4. The summed E-state index contributed by atoms with van der Waals surface area (Å²) >= 11 is 1.26. The van der Waals surface area contributed by atoms with Gasteiger partial charge in [-0.15, -0.1) is 11.3 Å². The van der Waals surface area contributed by atoms with Gasteiger partial charge in [0.25, 0.3) is 11.8 Å². The number of thiazole rings is 1. The Labute approximate surface area is 323 Å². The lowest BCUT2D eigenvalue weighted by atomic mass is 9.99. The SMILES string of the molecule is COc1cccc(-c2ccc(CCCNC(=O)c3cnc(Cc4ccc(-c5ccc(CCCNC(=O)c6cccnc6C)cc5)c(F)c4OC)s3)cc2)c1F. The number of nitrogens with one attached hydrogen (secondary N) is 2. The molecule has 55 heavy (non-hydrogen) atoms. The van der Waals surface area contributed by atoms with E-state index in [1.165, 1.54) is 25.6 Å². The van der Waals surface area contributed by atoms with Gasteiger partial charge in [-0.25, -0.2) is 13.8 Å². The topological polar surface area (TPSA) is 102 Å². The van der Waals surface area contributed by atoms with Gasteiger partial charge in [0.15, 0.2) is 23.1 Å². The molecule has 2 N–H and O–H groups in total. The van der Waals surface area contributed by atoms with E-state index in [2.05, 4.69) is 20.6 Å². The number of carbonyl (C=O) groups is 2. The molecule has 0 unspecified atom stereocenters. The van der Waals surface area contributed by atoms with Gasteiger partial charge in [-0.1, -0.05) is 72.8 Å². The third-order valence-corrected chi connectivity index (χ3v) is 10.3. The quantitative estimate of drug-likeness (QED) is 0.0957. The summed E-state index contributed by atoms with van der Waals surface area (Å²) in [5.74, 6) is -0.851. The van der Waals surface area contributed by atoms with E-state index in [1.807, 2.05) is 61.5 Å². The fourth-order valence-corrected chi connectivity index (χ4v) is 7.18. The Morgan fingerprint density at radius 1 is 0.709 bits per heavy atom. The molecule has 2 aromatic heterocycles. The van der Waals surface area contributed by atoms with Crippen molar-refractivity contribution in [2.24, 2.45) is 0 Å². The van der Waals surface area contributed by atoms with Gasteiger partial charge in [0.1, 0.15) is 4.88 Å². The molecule has 0 spiro atoms. The van der Waals surface area contributed by atoms with E-state index in [0.717, 1.165) is 47.9 Å². The molecule has 0 saturated carbocycles. The van der Waals surface area contributed by atoms with Gasteiger partial charge in [-0.2, -0.15) is 0 Å². The van der Waals surface area contributed by atoms with Gasteiger partial charge in [0.2, 0.25) is 0 Å². The molecule has 0 fully saturated rings. The average Bonchev–Trinajstić information content (AvgIpc) is 3.68. The van der Waals surface area contributed by atoms with Gasteiger partial charge < -0.3 is 20.1 Å². The predicted molar refractivity (Wildman–Crippen MR) is 212 cm³/mol. The van der Waals surface area contributed by atoms with Crippen molar-refractivity contribution in [3.05, 3.63) is 153 Å². The highest BCUT2D eigenvalue weighted by Crippen LogP contribution is 2.34. The van der Waals surface area contributed by atoms with Gasteiger partial charge in [-0.3, -0.25) is 14.6 Å². The van der Waals surface area contributed by atoms with Crippen molar-refractivity contribution in [1.82, 2.24) is 20.6 Å². The Balaban J connectivity index is 0.975. The largest absolute Gasteiger partial charge is 0.494 e.